The van der Waals surface area contributed by atoms with Crippen LogP contribution in [0.5, 0.6) is 11.5 Å². The Morgan fingerprint density at radius 3 is 1.32 bits per heavy atom. The summed E-state index contributed by atoms with van der Waals surface area (Å²) in [5.74, 6) is 0.966. The number of benzene rings is 2. The lowest BCUT2D eigenvalue weighted by Crippen LogP contribution is -2.30. The van der Waals surface area contributed by atoms with Crippen molar-refractivity contribution in [3.8, 4) is 11.5 Å². The summed E-state index contributed by atoms with van der Waals surface area (Å²) in [6.07, 6.45) is -1.27. The molecule has 0 aromatic heterocycles. The van der Waals surface area contributed by atoms with Gasteiger partial charge in [-0.05, 0) is 76.7 Å². The third kappa shape index (κ3) is 8.12. The molecule has 31 heavy (non-hydrogen) atoms. The number of ether oxygens (including phenoxy) is 2. The summed E-state index contributed by atoms with van der Waals surface area (Å²) in [4.78, 5) is 3.99. The molecule has 0 spiro atoms. The zero-order valence-corrected chi connectivity index (χ0v) is 19.2. The second-order valence-corrected chi connectivity index (χ2v) is 9.85. The molecule has 0 aliphatic carbocycles. The van der Waals surface area contributed by atoms with Gasteiger partial charge in [0.1, 0.15) is 36.9 Å². The summed E-state index contributed by atoms with van der Waals surface area (Å²) >= 11 is 0. The van der Waals surface area contributed by atoms with Gasteiger partial charge in [0.25, 0.3) is 0 Å². The van der Waals surface area contributed by atoms with Crippen molar-refractivity contribution in [2.45, 2.75) is 22.0 Å². The maximum absolute atomic E-state index is 12.9. The highest BCUT2D eigenvalue weighted by molar-refractivity contribution is 7.91. The summed E-state index contributed by atoms with van der Waals surface area (Å²) in [6, 6.07) is 12.2. The maximum atomic E-state index is 12.9. The number of hydrogen-bond donors (Lipinski definition) is 2. The highest BCUT2D eigenvalue weighted by Gasteiger charge is 2.18. The molecule has 9 heteroatoms. The minimum atomic E-state index is -3.69. The Morgan fingerprint density at radius 2 is 1.03 bits per heavy atom. The second-order valence-electron chi connectivity index (χ2n) is 7.90. The molecule has 0 amide bonds. The van der Waals surface area contributed by atoms with Crippen molar-refractivity contribution in [2.24, 2.45) is 0 Å². The van der Waals surface area contributed by atoms with E-state index in [2.05, 4.69) is 0 Å². The Balaban J connectivity index is 1.98. The number of aliphatic hydroxyl groups excluding tert-OH is 2. The minimum absolute atomic E-state index is 0.120. The Labute approximate surface area is 184 Å². The lowest BCUT2D eigenvalue weighted by Gasteiger charge is -2.17. The van der Waals surface area contributed by atoms with Gasteiger partial charge < -0.3 is 29.5 Å². The summed E-state index contributed by atoms with van der Waals surface area (Å²) < 4.78 is 36.7. The Bertz CT molecular complexity index is 829. The van der Waals surface area contributed by atoms with Gasteiger partial charge in [-0.2, -0.15) is 0 Å². The van der Waals surface area contributed by atoms with Gasteiger partial charge in [-0.15, -0.1) is 0 Å². The summed E-state index contributed by atoms with van der Waals surface area (Å²) in [5.41, 5.74) is 0. The van der Waals surface area contributed by atoms with Crippen LogP contribution in [0.1, 0.15) is 0 Å². The molecule has 172 valence electrons. The first kappa shape index (κ1) is 25.1. The first-order chi connectivity index (χ1) is 14.6. The summed E-state index contributed by atoms with van der Waals surface area (Å²) in [6.45, 7) is 1.19. The molecule has 2 N–H and O–H groups in total. The highest BCUT2D eigenvalue weighted by atomic mass is 32.2. The van der Waals surface area contributed by atoms with E-state index in [9.17, 15) is 18.6 Å². The second kappa shape index (κ2) is 11.4. The molecule has 2 unspecified atom stereocenters. The molecule has 0 saturated carbocycles. The van der Waals surface area contributed by atoms with Crippen LogP contribution in [0.2, 0.25) is 0 Å². The van der Waals surface area contributed by atoms with Crippen LogP contribution in [0.25, 0.3) is 0 Å². The zero-order chi connectivity index (χ0) is 23.0. The van der Waals surface area contributed by atoms with E-state index >= 15 is 0 Å². The minimum Gasteiger partial charge on any atom is -0.491 e. The number of hydrogen-bond acceptors (Lipinski definition) is 8. The van der Waals surface area contributed by atoms with E-state index in [1.54, 1.807) is 24.3 Å². The normalized spacial score (nSPS) is 13.9. The first-order valence-electron chi connectivity index (χ1n) is 9.94. The zero-order valence-electron chi connectivity index (χ0n) is 18.4. The maximum Gasteiger partial charge on any atom is 0.206 e. The van der Waals surface area contributed by atoms with E-state index < -0.39 is 22.0 Å². The lowest BCUT2D eigenvalue weighted by atomic mass is 10.3. The van der Waals surface area contributed by atoms with Crippen molar-refractivity contribution in [3.05, 3.63) is 48.5 Å². The average molecular weight is 453 g/mol. The number of sulfone groups is 1. The topological polar surface area (TPSA) is 99.5 Å². The molecule has 0 fully saturated rings. The molecule has 0 radical (unpaired) electrons. The van der Waals surface area contributed by atoms with Crippen molar-refractivity contribution < 1.29 is 28.1 Å². The first-order valence-corrected chi connectivity index (χ1v) is 11.4. The summed E-state index contributed by atoms with van der Waals surface area (Å²) in [5, 5.41) is 19.7. The smallest absolute Gasteiger partial charge is 0.206 e. The third-order valence-corrected chi connectivity index (χ3v) is 6.09. The van der Waals surface area contributed by atoms with Crippen LogP contribution < -0.4 is 9.47 Å². The van der Waals surface area contributed by atoms with E-state index in [-0.39, 0.29) is 23.0 Å². The van der Waals surface area contributed by atoms with E-state index in [0.29, 0.717) is 24.6 Å². The van der Waals surface area contributed by atoms with Crippen molar-refractivity contribution >= 4 is 9.84 Å². The Morgan fingerprint density at radius 1 is 0.710 bits per heavy atom. The van der Waals surface area contributed by atoms with E-state index in [0.717, 1.165) is 0 Å². The van der Waals surface area contributed by atoms with Crippen molar-refractivity contribution in [1.82, 2.24) is 9.80 Å². The summed E-state index contributed by atoms with van der Waals surface area (Å²) in [7, 11) is 3.74. The van der Waals surface area contributed by atoms with Crippen LogP contribution in [-0.4, -0.2) is 95.1 Å². The standard InChI is InChI=1S/C22H32N2O6S/c1-23(2)13-17(25)15-29-19-5-9-21(10-6-19)31(27,28)22-11-7-20(8-12-22)30-16-18(26)14-24(3)4/h5-12,17-18,25-26H,13-16H2,1-4H3. The van der Waals surface area contributed by atoms with Crippen molar-refractivity contribution in [1.29, 1.82) is 0 Å². The predicted octanol–water partition coefficient (Wildman–Crippen LogP) is 1.12. The molecule has 0 aliphatic rings. The van der Waals surface area contributed by atoms with Crippen LogP contribution in [0.4, 0.5) is 0 Å². The average Bonchev–Trinajstić information content (AvgIpc) is 2.70. The van der Waals surface area contributed by atoms with Gasteiger partial charge in [-0.25, -0.2) is 8.42 Å². The van der Waals surface area contributed by atoms with E-state index in [4.69, 9.17) is 9.47 Å². The Hall–Kier alpha value is -2.17. The van der Waals surface area contributed by atoms with Crippen LogP contribution in [-0.2, 0) is 9.84 Å². The van der Waals surface area contributed by atoms with Gasteiger partial charge in [0.05, 0.1) is 9.79 Å². The predicted molar refractivity (Wildman–Crippen MR) is 118 cm³/mol. The number of likely N-dealkylation sites (N-methyl/N-ethyl adjacent to an activating group) is 2. The van der Waals surface area contributed by atoms with Gasteiger partial charge in [0, 0.05) is 13.1 Å². The SMILES string of the molecule is CN(C)CC(O)COc1ccc(S(=O)(=O)c2ccc(OCC(O)CN(C)C)cc2)cc1. The monoisotopic (exact) mass is 452 g/mol. The van der Waals surface area contributed by atoms with Gasteiger partial charge in [-0.3, -0.25) is 0 Å². The highest BCUT2D eigenvalue weighted by Crippen LogP contribution is 2.25. The van der Waals surface area contributed by atoms with Gasteiger partial charge >= 0.3 is 0 Å². The molecule has 0 bridgehead atoms. The molecule has 0 heterocycles. The van der Waals surface area contributed by atoms with E-state index in [1.807, 2.05) is 38.0 Å². The fourth-order valence-electron chi connectivity index (χ4n) is 2.90. The number of aliphatic hydroxyl groups is 2. The molecule has 8 nitrogen and oxygen atoms in total. The van der Waals surface area contributed by atoms with Crippen molar-refractivity contribution in [3.63, 3.8) is 0 Å². The fourth-order valence-corrected chi connectivity index (χ4v) is 4.16. The van der Waals surface area contributed by atoms with E-state index in [1.165, 1.54) is 24.3 Å². The van der Waals surface area contributed by atoms with Crippen LogP contribution in [0, 0.1) is 0 Å². The molecule has 0 saturated heterocycles. The molecule has 2 aromatic carbocycles. The molecular formula is C22H32N2O6S. The van der Waals surface area contributed by atoms with Crippen LogP contribution in [0.3, 0.4) is 0 Å². The fraction of sp³-hybridized carbons (Fsp3) is 0.455. The number of nitrogens with zero attached hydrogens (tertiary/aromatic N) is 2. The molecule has 0 aliphatic heterocycles. The van der Waals surface area contributed by atoms with Crippen LogP contribution >= 0.6 is 0 Å². The Kier molecular flexibility index (Phi) is 9.27. The van der Waals surface area contributed by atoms with Gasteiger partial charge in [0.15, 0.2) is 0 Å². The van der Waals surface area contributed by atoms with Crippen LogP contribution in [0.15, 0.2) is 58.3 Å². The third-order valence-electron chi connectivity index (χ3n) is 4.30. The van der Waals surface area contributed by atoms with Gasteiger partial charge in [0.2, 0.25) is 9.84 Å². The molecule has 2 rings (SSSR count). The van der Waals surface area contributed by atoms with Crippen molar-refractivity contribution in [2.75, 3.05) is 54.5 Å². The molecular weight excluding hydrogens is 420 g/mol. The lowest BCUT2D eigenvalue weighted by molar-refractivity contribution is 0.0830. The number of rotatable bonds is 12. The van der Waals surface area contributed by atoms with Gasteiger partial charge in [-0.1, -0.05) is 0 Å². The largest absolute Gasteiger partial charge is 0.491 e. The quantitative estimate of drug-likeness (QED) is 0.494. The molecule has 2 aromatic rings. The molecule has 2 atom stereocenters.